The molecule has 0 atom stereocenters. The van der Waals surface area contributed by atoms with Crippen molar-refractivity contribution in [3.05, 3.63) is 62.5 Å². The molecule has 2 amide bonds. The van der Waals surface area contributed by atoms with Crippen LogP contribution in [0, 0.1) is 0 Å². The first-order chi connectivity index (χ1) is 11.0. The SMILES string of the molecule is O=C(CCNC(=O)c1ccc(Cl)cc1)Nc1ccc(Br)cc1Cl. The average Bonchev–Trinajstić information content (AvgIpc) is 2.50. The summed E-state index contributed by atoms with van der Waals surface area (Å²) in [4.78, 5) is 23.7. The van der Waals surface area contributed by atoms with Crippen molar-refractivity contribution in [2.45, 2.75) is 6.42 Å². The second-order valence-corrected chi connectivity index (χ2v) is 6.44. The minimum absolute atomic E-state index is 0.145. The molecule has 2 aromatic carbocycles. The topological polar surface area (TPSA) is 58.2 Å². The zero-order chi connectivity index (χ0) is 16.8. The summed E-state index contributed by atoms with van der Waals surface area (Å²) in [7, 11) is 0. The van der Waals surface area contributed by atoms with Crippen molar-refractivity contribution in [2.75, 3.05) is 11.9 Å². The summed E-state index contributed by atoms with van der Waals surface area (Å²) in [5.74, 6) is -0.484. The van der Waals surface area contributed by atoms with Crippen LogP contribution in [0.4, 0.5) is 5.69 Å². The molecule has 7 heteroatoms. The van der Waals surface area contributed by atoms with Crippen molar-refractivity contribution in [3.63, 3.8) is 0 Å². The highest BCUT2D eigenvalue weighted by Crippen LogP contribution is 2.25. The number of carbonyl (C=O) groups excluding carboxylic acids is 2. The summed E-state index contributed by atoms with van der Waals surface area (Å²) in [5.41, 5.74) is 1.02. The Morgan fingerprint density at radius 3 is 2.39 bits per heavy atom. The third-order valence-corrected chi connectivity index (χ3v) is 4.01. The molecule has 0 saturated heterocycles. The molecule has 0 bridgehead atoms. The van der Waals surface area contributed by atoms with Crippen molar-refractivity contribution < 1.29 is 9.59 Å². The third-order valence-electron chi connectivity index (χ3n) is 2.95. The van der Waals surface area contributed by atoms with Crippen LogP contribution >= 0.6 is 39.1 Å². The van der Waals surface area contributed by atoms with E-state index in [2.05, 4.69) is 26.6 Å². The zero-order valence-electron chi connectivity index (χ0n) is 11.9. The number of benzene rings is 2. The molecular formula is C16H13BrCl2N2O2. The maximum Gasteiger partial charge on any atom is 0.251 e. The monoisotopic (exact) mass is 414 g/mol. The lowest BCUT2D eigenvalue weighted by atomic mass is 10.2. The zero-order valence-corrected chi connectivity index (χ0v) is 15.0. The van der Waals surface area contributed by atoms with Crippen molar-refractivity contribution in [1.29, 1.82) is 0 Å². The Hall–Kier alpha value is -1.56. The predicted octanol–water partition coefficient (Wildman–Crippen LogP) is 4.51. The van der Waals surface area contributed by atoms with Gasteiger partial charge in [0.1, 0.15) is 0 Å². The van der Waals surface area contributed by atoms with E-state index in [1.54, 1.807) is 42.5 Å². The quantitative estimate of drug-likeness (QED) is 0.754. The predicted molar refractivity (Wildman–Crippen MR) is 96.2 cm³/mol. The van der Waals surface area contributed by atoms with Crippen molar-refractivity contribution >= 4 is 56.6 Å². The van der Waals surface area contributed by atoms with Crippen LogP contribution in [-0.2, 0) is 4.79 Å². The van der Waals surface area contributed by atoms with Crippen LogP contribution in [-0.4, -0.2) is 18.4 Å². The second-order valence-electron chi connectivity index (χ2n) is 4.69. The van der Waals surface area contributed by atoms with E-state index in [4.69, 9.17) is 23.2 Å². The molecule has 0 fully saturated rings. The number of hydrogen-bond donors (Lipinski definition) is 2. The Morgan fingerprint density at radius 1 is 1.04 bits per heavy atom. The van der Waals surface area contributed by atoms with Gasteiger partial charge < -0.3 is 10.6 Å². The summed E-state index contributed by atoms with van der Waals surface area (Å²) in [6.45, 7) is 0.224. The molecule has 0 saturated carbocycles. The van der Waals surface area contributed by atoms with Gasteiger partial charge in [-0.15, -0.1) is 0 Å². The van der Waals surface area contributed by atoms with Crippen LogP contribution in [0.3, 0.4) is 0 Å². The van der Waals surface area contributed by atoms with Gasteiger partial charge in [-0.25, -0.2) is 0 Å². The summed E-state index contributed by atoms with van der Waals surface area (Å²) in [6.07, 6.45) is 0.145. The summed E-state index contributed by atoms with van der Waals surface area (Å²) in [5, 5.41) is 6.38. The highest BCUT2D eigenvalue weighted by molar-refractivity contribution is 9.10. The minimum Gasteiger partial charge on any atom is -0.352 e. The summed E-state index contributed by atoms with van der Waals surface area (Å²) >= 11 is 15.1. The Balaban J connectivity index is 1.80. The van der Waals surface area contributed by atoms with Crippen molar-refractivity contribution in [1.82, 2.24) is 5.32 Å². The molecule has 0 aliphatic heterocycles. The van der Waals surface area contributed by atoms with E-state index >= 15 is 0 Å². The fraction of sp³-hybridized carbons (Fsp3) is 0.125. The maximum atomic E-state index is 11.9. The normalized spacial score (nSPS) is 10.2. The van der Waals surface area contributed by atoms with E-state index in [1.165, 1.54) is 0 Å². The molecule has 23 heavy (non-hydrogen) atoms. The van der Waals surface area contributed by atoms with E-state index < -0.39 is 0 Å². The molecule has 2 aromatic rings. The molecule has 4 nitrogen and oxygen atoms in total. The lowest BCUT2D eigenvalue weighted by Gasteiger charge is -2.08. The van der Waals surface area contributed by atoms with Gasteiger partial charge in [-0.05, 0) is 42.5 Å². The molecule has 0 heterocycles. The molecule has 2 rings (SSSR count). The van der Waals surface area contributed by atoms with Gasteiger partial charge >= 0.3 is 0 Å². The van der Waals surface area contributed by atoms with Gasteiger partial charge in [-0.1, -0.05) is 39.1 Å². The Labute approximate surface area is 152 Å². The number of amides is 2. The second kappa shape index (κ2) is 8.34. The standard InChI is InChI=1S/C16H13BrCl2N2O2/c17-11-3-6-14(13(19)9-11)21-15(22)7-8-20-16(23)10-1-4-12(18)5-2-10/h1-6,9H,7-8H2,(H,20,23)(H,21,22). The van der Waals surface area contributed by atoms with Crippen LogP contribution < -0.4 is 10.6 Å². The van der Waals surface area contributed by atoms with Gasteiger partial charge in [0, 0.05) is 28.0 Å². The Morgan fingerprint density at radius 2 is 1.74 bits per heavy atom. The van der Waals surface area contributed by atoms with Crippen LogP contribution in [0.25, 0.3) is 0 Å². The van der Waals surface area contributed by atoms with Gasteiger partial charge in [0.05, 0.1) is 10.7 Å². The number of anilines is 1. The van der Waals surface area contributed by atoms with Crippen molar-refractivity contribution in [2.24, 2.45) is 0 Å². The first-order valence-corrected chi connectivity index (χ1v) is 8.29. The molecule has 0 aromatic heterocycles. The molecule has 0 spiro atoms. The van der Waals surface area contributed by atoms with Gasteiger partial charge in [-0.3, -0.25) is 9.59 Å². The minimum atomic E-state index is -0.254. The number of nitrogens with one attached hydrogen (secondary N) is 2. The first-order valence-electron chi connectivity index (χ1n) is 6.74. The molecule has 0 aliphatic carbocycles. The van der Waals surface area contributed by atoms with E-state index in [1.807, 2.05) is 0 Å². The number of halogens is 3. The number of carbonyl (C=O) groups is 2. The Bertz CT molecular complexity index is 721. The smallest absolute Gasteiger partial charge is 0.251 e. The van der Waals surface area contributed by atoms with Crippen molar-refractivity contribution in [3.8, 4) is 0 Å². The Kier molecular flexibility index (Phi) is 6.45. The number of rotatable bonds is 5. The third kappa shape index (κ3) is 5.53. The van der Waals surface area contributed by atoms with Gasteiger partial charge in [0.2, 0.25) is 5.91 Å². The van der Waals surface area contributed by atoms with Gasteiger partial charge in [0.15, 0.2) is 0 Å². The van der Waals surface area contributed by atoms with E-state index in [0.29, 0.717) is 21.3 Å². The molecule has 0 aliphatic rings. The van der Waals surface area contributed by atoms with Crippen LogP contribution in [0.5, 0.6) is 0 Å². The molecule has 2 N–H and O–H groups in total. The van der Waals surface area contributed by atoms with Gasteiger partial charge in [0.25, 0.3) is 5.91 Å². The largest absolute Gasteiger partial charge is 0.352 e. The fourth-order valence-corrected chi connectivity index (χ4v) is 2.64. The lowest BCUT2D eigenvalue weighted by Crippen LogP contribution is -2.27. The molecule has 0 radical (unpaired) electrons. The van der Waals surface area contributed by atoms with E-state index in [9.17, 15) is 9.59 Å². The molecule has 120 valence electrons. The van der Waals surface area contributed by atoms with E-state index in [-0.39, 0.29) is 24.8 Å². The summed E-state index contributed by atoms with van der Waals surface area (Å²) in [6, 6.07) is 11.7. The molecular weight excluding hydrogens is 403 g/mol. The fourth-order valence-electron chi connectivity index (χ4n) is 1.80. The average molecular weight is 416 g/mol. The molecule has 0 unspecified atom stereocenters. The number of hydrogen-bond acceptors (Lipinski definition) is 2. The maximum absolute atomic E-state index is 11.9. The van der Waals surface area contributed by atoms with E-state index in [0.717, 1.165) is 4.47 Å². The highest BCUT2D eigenvalue weighted by Gasteiger charge is 2.08. The van der Waals surface area contributed by atoms with Crippen LogP contribution in [0.15, 0.2) is 46.9 Å². The lowest BCUT2D eigenvalue weighted by molar-refractivity contribution is -0.116. The van der Waals surface area contributed by atoms with Gasteiger partial charge in [-0.2, -0.15) is 0 Å². The summed E-state index contributed by atoms with van der Waals surface area (Å²) < 4.78 is 0.829. The van der Waals surface area contributed by atoms with Crippen LogP contribution in [0.1, 0.15) is 16.8 Å². The van der Waals surface area contributed by atoms with Crippen LogP contribution in [0.2, 0.25) is 10.0 Å². The highest BCUT2D eigenvalue weighted by atomic mass is 79.9. The first kappa shape index (κ1) is 17.8.